The van der Waals surface area contributed by atoms with Crippen molar-refractivity contribution in [3.05, 3.63) is 40.7 Å². The summed E-state index contributed by atoms with van der Waals surface area (Å²) in [6.07, 6.45) is 1.13. The van der Waals surface area contributed by atoms with Gasteiger partial charge in [0, 0.05) is 37.3 Å². The lowest BCUT2D eigenvalue weighted by Crippen LogP contribution is -2.24. The van der Waals surface area contributed by atoms with Crippen LogP contribution in [0.15, 0.2) is 35.1 Å². The standard InChI is InChI=1S/C15H21N3O/c1-3-8-16-9-10-17-13-11-15(19)18(2)14-7-5-4-6-12(13)14/h4-7,11,16-17H,3,8-10H2,1-2H3. The molecule has 0 aliphatic rings. The number of nitrogens with zero attached hydrogens (tertiary/aromatic N) is 1. The fraction of sp³-hybridized carbons (Fsp3) is 0.400. The number of para-hydroxylation sites is 1. The van der Waals surface area contributed by atoms with Crippen molar-refractivity contribution >= 4 is 16.6 Å². The third-order valence-corrected chi connectivity index (χ3v) is 3.20. The third kappa shape index (κ3) is 3.15. The molecule has 0 aliphatic heterocycles. The molecular weight excluding hydrogens is 238 g/mol. The monoisotopic (exact) mass is 259 g/mol. The highest BCUT2D eigenvalue weighted by Crippen LogP contribution is 2.20. The van der Waals surface area contributed by atoms with Gasteiger partial charge in [0.15, 0.2) is 0 Å². The van der Waals surface area contributed by atoms with Gasteiger partial charge in [-0.05, 0) is 19.0 Å². The number of rotatable bonds is 6. The van der Waals surface area contributed by atoms with E-state index in [9.17, 15) is 4.79 Å². The minimum atomic E-state index is 0.0164. The maximum Gasteiger partial charge on any atom is 0.252 e. The molecule has 0 saturated carbocycles. The molecule has 0 radical (unpaired) electrons. The molecule has 1 aromatic heterocycles. The minimum absolute atomic E-state index is 0.0164. The molecule has 19 heavy (non-hydrogen) atoms. The number of pyridine rings is 1. The van der Waals surface area contributed by atoms with Crippen LogP contribution in [-0.4, -0.2) is 24.2 Å². The molecule has 2 aromatic rings. The van der Waals surface area contributed by atoms with E-state index in [1.165, 1.54) is 0 Å². The number of hydrogen-bond donors (Lipinski definition) is 2. The first-order valence-corrected chi connectivity index (χ1v) is 6.77. The van der Waals surface area contributed by atoms with Gasteiger partial charge >= 0.3 is 0 Å². The molecule has 4 nitrogen and oxygen atoms in total. The van der Waals surface area contributed by atoms with Crippen LogP contribution in [0.4, 0.5) is 5.69 Å². The van der Waals surface area contributed by atoms with E-state index in [1.54, 1.807) is 17.7 Å². The summed E-state index contributed by atoms with van der Waals surface area (Å²) in [5.74, 6) is 0. The van der Waals surface area contributed by atoms with E-state index in [0.717, 1.165) is 42.6 Å². The van der Waals surface area contributed by atoms with Crippen LogP contribution in [0.3, 0.4) is 0 Å². The highest BCUT2D eigenvalue weighted by molar-refractivity contribution is 5.91. The van der Waals surface area contributed by atoms with E-state index in [4.69, 9.17) is 0 Å². The minimum Gasteiger partial charge on any atom is -0.383 e. The Morgan fingerprint density at radius 3 is 2.74 bits per heavy atom. The third-order valence-electron chi connectivity index (χ3n) is 3.20. The maximum atomic E-state index is 11.9. The first-order valence-electron chi connectivity index (χ1n) is 6.77. The predicted octanol–water partition coefficient (Wildman–Crippen LogP) is 1.95. The summed E-state index contributed by atoms with van der Waals surface area (Å²) in [7, 11) is 1.80. The Bertz CT molecular complexity index is 604. The molecule has 1 aromatic carbocycles. The van der Waals surface area contributed by atoms with Gasteiger partial charge in [-0.15, -0.1) is 0 Å². The molecule has 0 bridgehead atoms. The van der Waals surface area contributed by atoms with Crippen LogP contribution in [0.2, 0.25) is 0 Å². The van der Waals surface area contributed by atoms with E-state index >= 15 is 0 Å². The van der Waals surface area contributed by atoms with Crippen LogP contribution in [0, 0.1) is 0 Å². The van der Waals surface area contributed by atoms with Crippen LogP contribution in [-0.2, 0) is 7.05 Å². The highest BCUT2D eigenvalue weighted by atomic mass is 16.1. The first kappa shape index (κ1) is 13.6. The molecule has 0 aliphatic carbocycles. The Morgan fingerprint density at radius 1 is 1.16 bits per heavy atom. The molecule has 0 saturated heterocycles. The van der Waals surface area contributed by atoms with E-state index in [1.807, 2.05) is 24.3 Å². The van der Waals surface area contributed by atoms with Crippen LogP contribution in [0.1, 0.15) is 13.3 Å². The van der Waals surface area contributed by atoms with E-state index in [-0.39, 0.29) is 5.56 Å². The van der Waals surface area contributed by atoms with Crippen molar-refractivity contribution in [2.24, 2.45) is 7.05 Å². The lowest BCUT2D eigenvalue weighted by molar-refractivity contribution is 0.688. The fourth-order valence-corrected chi connectivity index (χ4v) is 2.14. The van der Waals surface area contributed by atoms with Crippen molar-refractivity contribution < 1.29 is 0 Å². The van der Waals surface area contributed by atoms with Crippen molar-refractivity contribution in [3.8, 4) is 0 Å². The zero-order valence-corrected chi connectivity index (χ0v) is 11.6. The summed E-state index contributed by atoms with van der Waals surface area (Å²) >= 11 is 0. The topological polar surface area (TPSA) is 46.1 Å². The quantitative estimate of drug-likeness (QED) is 0.779. The van der Waals surface area contributed by atoms with Gasteiger partial charge in [-0.3, -0.25) is 4.79 Å². The van der Waals surface area contributed by atoms with Crippen molar-refractivity contribution in [3.63, 3.8) is 0 Å². The summed E-state index contributed by atoms with van der Waals surface area (Å²) in [5, 5.41) is 7.76. The summed E-state index contributed by atoms with van der Waals surface area (Å²) < 4.78 is 1.68. The fourth-order valence-electron chi connectivity index (χ4n) is 2.14. The number of hydrogen-bond acceptors (Lipinski definition) is 3. The van der Waals surface area contributed by atoms with Crippen molar-refractivity contribution in [2.75, 3.05) is 25.0 Å². The van der Waals surface area contributed by atoms with E-state index < -0.39 is 0 Å². The number of aromatic nitrogens is 1. The number of nitrogens with one attached hydrogen (secondary N) is 2. The van der Waals surface area contributed by atoms with Gasteiger partial charge in [0.2, 0.25) is 0 Å². The molecule has 4 heteroatoms. The lowest BCUT2D eigenvalue weighted by Gasteiger charge is -2.12. The largest absolute Gasteiger partial charge is 0.383 e. The maximum absolute atomic E-state index is 11.9. The van der Waals surface area contributed by atoms with Gasteiger partial charge in [-0.2, -0.15) is 0 Å². The number of aryl methyl sites for hydroxylation is 1. The van der Waals surface area contributed by atoms with Crippen LogP contribution >= 0.6 is 0 Å². The molecular formula is C15H21N3O. The average molecular weight is 259 g/mol. The second kappa shape index (κ2) is 6.38. The van der Waals surface area contributed by atoms with E-state index in [0.29, 0.717) is 0 Å². The molecule has 0 spiro atoms. The molecule has 2 N–H and O–H groups in total. The zero-order valence-electron chi connectivity index (χ0n) is 11.6. The molecule has 0 fully saturated rings. The average Bonchev–Trinajstić information content (AvgIpc) is 2.44. The van der Waals surface area contributed by atoms with Crippen molar-refractivity contribution in [1.82, 2.24) is 9.88 Å². The molecule has 0 amide bonds. The van der Waals surface area contributed by atoms with Gasteiger partial charge in [0.25, 0.3) is 5.56 Å². The predicted molar refractivity (Wildman–Crippen MR) is 80.8 cm³/mol. The summed E-state index contributed by atoms with van der Waals surface area (Å²) in [6.45, 7) is 4.89. The SMILES string of the molecule is CCCNCCNc1cc(=O)n(C)c2ccccc12. The summed E-state index contributed by atoms with van der Waals surface area (Å²) in [4.78, 5) is 11.9. The second-order valence-electron chi connectivity index (χ2n) is 4.65. The summed E-state index contributed by atoms with van der Waals surface area (Å²) in [6, 6.07) is 9.62. The van der Waals surface area contributed by atoms with Crippen LogP contribution in [0.5, 0.6) is 0 Å². The van der Waals surface area contributed by atoms with Crippen molar-refractivity contribution in [1.29, 1.82) is 0 Å². The number of benzene rings is 1. The molecule has 102 valence electrons. The van der Waals surface area contributed by atoms with Crippen LogP contribution in [0.25, 0.3) is 10.9 Å². The highest BCUT2D eigenvalue weighted by Gasteiger charge is 2.04. The normalized spacial score (nSPS) is 10.8. The van der Waals surface area contributed by atoms with Gasteiger partial charge in [0.1, 0.15) is 0 Å². The Labute approximate surface area is 113 Å². The van der Waals surface area contributed by atoms with Crippen LogP contribution < -0.4 is 16.2 Å². The molecule has 2 rings (SSSR count). The number of fused-ring (bicyclic) bond motifs is 1. The Balaban J connectivity index is 2.19. The smallest absolute Gasteiger partial charge is 0.252 e. The zero-order chi connectivity index (χ0) is 13.7. The van der Waals surface area contributed by atoms with Gasteiger partial charge in [0.05, 0.1) is 5.52 Å². The second-order valence-corrected chi connectivity index (χ2v) is 4.65. The lowest BCUT2D eigenvalue weighted by atomic mass is 10.2. The molecule has 1 heterocycles. The van der Waals surface area contributed by atoms with Crippen molar-refractivity contribution in [2.45, 2.75) is 13.3 Å². The number of anilines is 1. The Morgan fingerprint density at radius 2 is 1.95 bits per heavy atom. The van der Waals surface area contributed by atoms with Gasteiger partial charge in [-0.25, -0.2) is 0 Å². The molecule has 0 unspecified atom stereocenters. The Hall–Kier alpha value is -1.81. The first-order chi connectivity index (χ1) is 9.24. The molecule has 0 atom stereocenters. The van der Waals surface area contributed by atoms with Gasteiger partial charge in [-0.1, -0.05) is 25.1 Å². The summed E-state index contributed by atoms with van der Waals surface area (Å²) in [5.41, 5.74) is 1.89. The van der Waals surface area contributed by atoms with Gasteiger partial charge < -0.3 is 15.2 Å². The van der Waals surface area contributed by atoms with E-state index in [2.05, 4.69) is 17.6 Å². The Kier molecular flexibility index (Phi) is 4.58.